The maximum Gasteiger partial charge on any atom is 0.159 e. The zero-order chi connectivity index (χ0) is 9.42. The summed E-state index contributed by atoms with van der Waals surface area (Å²) in [5, 5.41) is 8.17. The van der Waals surface area contributed by atoms with Gasteiger partial charge in [0.25, 0.3) is 0 Å². The molecule has 0 amide bonds. The summed E-state index contributed by atoms with van der Waals surface area (Å²) in [6.45, 7) is 0. The van der Waals surface area contributed by atoms with Crippen molar-refractivity contribution in [3.8, 4) is 0 Å². The monoisotopic (exact) mass is 235 g/mol. The van der Waals surface area contributed by atoms with Crippen molar-refractivity contribution in [2.45, 2.75) is 4.84 Å². The number of rotatable bonds is 1. The summed E-state index contributed by atoms with van der Waals surface area (Å²) in [5.41, 5.74) is 1.32. The first kappa shape index (κ1) is 9.06. The number of hydrogen-bond donors (Lipinski definition) is 0. The first-order valence-electron chi connectivity index (χ1n) is 3.47. The highest BCUT2D eigenvalue weighted by Crippen LogP contribution is 2.33. The van der Waals surface area contributed by atoms with Crippen LogP contribution in [0, 0.1) is 0 Å². The van der Waals surface area contributed by atoms with Crippen LogP contribution in [0.1, 0.15) is 10.4 Å². The molecule has 0 bridgehead atoms. The average molecular weight is 236 g/mol. The van der Waals surface area contributed by atoms with Crippen LogP contribution < -0.4 is 0 Å². The molecular weight excluding hydrogens is 232 g/mol. The van der Waals surface area contributed by atoms with Gasteiger partial charge >= 0.3 is 0 Å². The van der Waals surface area contributed by atoms with Crippen LogP contribution in [0.3, 0.4) is 0 Å². The van der Waals surface area contributed by atoms with Gasteiger partial charge in [0.2, 0.25) is 0 Å². The first-order valence-corrected chi connectivity index (χ1v) is 4.73. The van der Waals surface area contributed by atoms with Gasteiger partial charge in [0.15, 0.2) is 5.15 Å². The summed E-state index contributed by atoms with van der Waals surface area (Å²) in [4.78, 5) is -0.686. The van der Waals surface area contributed by atoms with Gasteiger partial charge < -0.3 is 0 Å². The van der Waals surface area contributed by atoms with E-state index in [1.165, 1.54) is 4.63 Å². The Bertz CT molecular complexity index is 437. The van der Waals surface area contributed by atoms with Crippen molar-refractivity contribution >= 4 is 40.3 Å². The van der Waals surface area contributed by atoms with Crippen LogP contribution in [0.15, 0.2) is 18.3 Å². The van der Waals surface area contributed by atoms with E-state index in [4.69, 9.17) is 34.8 Å². The number of hydrogen-bond acceptors (Lipinski definition) is 2. The molecule has 0 aliphatic heterocycles. The van der Waals surface area contributed by atoms with Crippen molar-refractivity contribution in [2.75, 3.05) is 0 Å². The van der Waals surface area contributed by atoms with Gasteiger partial charge in [-0.25, -0.2) is 0 Å². The zero-order valence-corrected chi connectivity index (χ0v) is 8.55. The predicted molar refractivity (Wildman–Crippen MR) is 52.4 cm³/mol. The third kappa shape index (κ3) is 1.47. The smallest absolute Gasteiger partial charge is 0.159 e. The Kier molecular flexibility index (Phi) is 2.32. The molecule has 0 saturated heterocycles. The second-order valence-corrected chi connectivity index (χ2v) is 3.86. The van der Waals surface area contributed by atoms with Crippen molar-refractivity contribution < 1.29 is 0 Å². The summed E-state index contributed by atoms with van der Waals surface area (Å²) in [6.07, 6.45) is 1.61. The number of aromatic nitrogens is 3. The summed E-state index contributed by atoms with van der Waals surface area (Å²) in [6, 6.07) is 3.58. The lowest BCUT2D eigenvalue weighted by atomic mass is 10.3. The normalized spacial score (nSPS) is 11.4. The number of alkyl halides is 2. The van der Waals surface area contributed by atoms with E-state index in [9.17, 15) is 0 Å². The second-order valence-electron chi connectivity index (χ2n) is 2.40. The fourth-order valence-corrected chi connectivity index (χ4v) is 1.91. The Balaban J connectivity index is 2.78. The van der Waals surface area contributed by atoms with Crippen LogP contribution in [-0.2, 0) is 0 Å². The molecule has 2 aromatic heterocycles. The molecule has 6 heteroatoms. The molecule has 68 valence electrons. The molecule has 0 spiro atoms. The fraction of sp³-hybridized carbons (Fsp3) is 0.143. The lowest BCUT2D eigenvalue weighted by Crippen LogP contribution is -1.91. The topological polar surface area (TPSA) is 30.2 Å². The van der Waals surface area contributed by atoms with E-state index in [1.54, 1.807) is 18.3 Å². The van der Waals surface area contributed by atoms with Gasteiger partial charge in [-0.15, -0.1) is 9.73 Å². The van der Waals surface area contributed by atoms with Crippen molar-refractivity contribution in [1.29, 1.82) is 0 Å². The minimum Gasteiger partial charge on any atom is -0.159 e. The van der Waals surface area contributed by atoms with Gasteiger partial charge in [-0.2, -0.15) is 5.10 Å². The Morgan fingerprint density at radius 3 is 2.85 bits per heavy atom. The van der Waals surface area contributed by atoms with Gasteiger partial charge in [0, 0.05) is 6.20 Å². The lowest BCUT2D eigenvalue weighted by molar-refractivity contribution is 0.800. The van der Waals surface area contributed by atoms with Gasteiger partial charge in [-0.3, -0.25) is 0 Å². The van der Waals surface area contributed by atoms with Gasteiger partial charge in [-0.1, -0.05) is 34.8 Å². The Hall–Kier alpha value is -0.510. The molecule has 0 aliphatic rings. The molecule has 0 aromatic carbocycles. The highest BCUT2D eigenvalue weighted by molar-refractivity contribution is 6.46. The van der Waals surface area contributed by atoms with Gasteiger partial charge in [0.1, 0.15) is 4.84 Å². The quantitative estimate of drug-likeness (QED) is 0.713. The van der Waals surface area contributed by atoms with E-state index >= 15 is 0 Å². The van der Waals surface area contributed by atoms with Crippen LogP contribution in [0.5, 0.6) is 0 Å². The molecule has 0 atom stereocenters. The second kappa shape index (κ2) is 3.33. The van der Waals surface area contributed by atoms with E-state index in [2.05, 4.69) is 10.2 Å². The van der Waals surface area contributed by atoms with E-state index in [0.717, 1.165) is 5.52 Å². The molecule has 0 radical (unpaired) electrons. The lowest BCUT2D eigenvalue weighted by Gasteiger charge is -1.97. The van der Waals surface area contributed by atoms with Crippen LogP contribution in [0.2, 0.25) is 5.15 Å². The molecule has 0 unspecified atom stereocenters. The molecule has 0 saturated carbocycles. The Morgan fingerprint density at radius 1 is 1.38 bits per heavy atom. The minimum absolute atomic E-state index is 0.286. The maximum atomic E-state index is 5.82. The molecule has 2 heterocycles. The highest BCUT2D eigenvalue weighted by atomic mass is 35.5. The third-order valence-corrected chi connectivity index (χ3v) is 2.35. The molecule has 0 fully saturated rings. The molecule has 2 aromatic rings. The van der Waals surface area contributed by atoms with Crippen molar-refractivity contribution in [3.05, 3.63) is 29.0 Å². The number of nitrogens with zero attached hydrogens (tertiary/aromatic N) is 3. The fourth-order valence-electron chi connectivity index (χ4n) is 1.09. The van der Waals surface area contributed by atoms with Crippen molar-refractivity contribution in [1.82, 2.24) is 14.8 Å². The SMILES string of the molecule is Clc1nn2ncccc2c1C(Cl)Cl. The minimum atomic E-state index is -0.686. The number of fused-ring (bicyclic) bond motifs is 1. The van der Waals surface area contributed by atoms with Crippen molar-refractivity contribution in [2.24, 2.45) is 0 Å². The van der Waals surface area contributed by atoms with Crippen LogP contribution in [0.4, 0.5) is 0 Å². The number of halogens is 3. The zero-order valence-electron chi connectivity index (χ0n) is 6.28. The van der Waals surface area contributed by atoms with Crippen LogP contribution >= 0.6 is 34.8 Å². The van der Waals surface area contributed by atoms with Gasteiger partial charge in [0.05, 0.1) is 11.1 Å². The summed E-state index contributed by atoms with van der Waals surface area (Å²) in [5.74, 6) is 0. The Morgan fingerprint density at radius 2 is 2.15 bits per heavy atom. The summed E-state index contributed by atoms with van der Waals surface area (Å²) in [7, 11) is 0. The first-order chi connectivity index (χ1) is 6.20. The maximum absolute atomic E-state index is 5.82. The van der Waals surface area contributed by atoms with Gasteiger partial charge in [-0.05, 0) is 12.1 Å². The average Bonchev–Trinajstić information content (AvgIpc) is 2.39. The molecule has 0 aliphatic carbocycles. The summed E-state index contributed by atoms with van der Waals surface area (Å²) < 4.78 is 1.40. The largest absolute Gasteiger partial charge is 0.159 e. The third-order valence-electron chi connectivity index (χ3n) is 1.63. The molecule has 13 heavy (non-hydrogen) atoms. The molecule has 2 rings (SSSR count). The van der Waals surface area contributed by atoms with E-state index in [1.807, 2.05) is 0 Å². The summed E-state index contributed by atoms with van der Waals surface area (Å²) >= 11 is 17.3. The van der Waals surface area contributed by atoms with Crippen LogP contribution in [0.25, 0.3) is 5.52 Å². The Labute approximate surface area is 89.2 Å². The predicted octanol–water partition coefficient (Wildman–Crippen LogP) is 2.86. The van der Waals surface area contributed by atoms with Crippen LogP contribution in [-0.4, -0.2) is 14.8 Å². The molecule has 0 N–H and O–H groups in total. The van der Waals surface area contributed by atoms with Crippen molar-refractivity contribution in [3.63, 3.8) is 0 Å². The highest BCUT2D eigenvalue weighted by Gasteiger charge is 2.16. The van der Waals surface area contributed by atoms with E-state index in [-0.39, 0.29) is 5.15 Å². The molecule has 3 nitrogen and oxygen atoms in total. The van der Waals surface area contributed by atoms with E-state index < -0.39 is 4.84 Å². The molecular formula is C7H4Cl3N3. The standard InChI is InChI=1S/C7H4Cl3N3/c8-6(9)5-4-2-1-3-11-13(4)12-7(5)10/h1-3,6H. The van der Waals surface area contributed by atoms with E-state index in [0.29, 0.717) is 5.56 Å².